The molecule has 1 heterocycles. The first kappa shape index (κ1) is 16.7. The van der Waals surface area contributed by atoms with Crippen molar-refractivity contribution in [1.82, 2.24) is 4.72 Å². The van der Waals surface area contributed by atoms with Crippen LogP contribution in [-0.4, -0.2) is 40.2 Å². The summed E-state index contributed by atoms with van der Waals surface area (Å²) in [7, 11) is -3.73. The number of sulfonamides is 1. The lowest BCUT2D eigenvalue weighted by atomic mass is 10.2. The third kappa shape index (κ3) is 3.96. The van der Waals surface area contributed by atoms with Crippen LogP contribution in [0, 0.1) is 0 Å². The van der Waals surface area contributed by atoms with E-state index >= 15 is 0 Å². The third-order valence-corrected chi connectivity index (χ3v) is 4.77. The number of hydrogen-bond donors (Lipinski definition) is 2. The van der Waals surface area contributed by atoms with E-state index in [0.717, 1.165) is 12.8 Å². The molecule has 122 valence electrons. The van der Waals surface area contributed by atoms with Gasteiger partial charge in [0.15, 0.2) is 0 Å². The van der Waals surface area contributed by atoms with Gasteiger partial charge in [-0.1, -0.05) is 0 Å². The van der Waals surface area contributed by atoms with E-state index in [4.69, 9.17) is 15.2 Å². The number of rotatable bonds is 7. The molecule has 2 rings (SSSR count). The van der Waals surface area contributed by atoms with Gasteiger partial charge in [0.25, 0.3) is 5.91 Å². The van der Waals surface area contributed by atoms with Crippen molar-refractivity contribution >= 4 is 15.9 Å². The molecule has 1 unspecified atom stereocenters. The van der Waals surface area contributed by atoms with Crippen LogP contribution in [0.15, 0.2) is 23.1 Å². The number of primary amides is 1. The van der Waals surface area contributed by atoms with Crippen LogP contribution in [0.4, 0.5) is 0 Å². The highest BCUT2D eigenvalue weighted by Crippen LogP contribution is 2.22. The fourth-order valence-electron chi connectivity index (χ4n) is 2.24. The Labute approximate surface area is 129 Å². The summed E-state index contributed by atoms with van der Waals surface area (Å²) in [5.74, 6) is -0.465. The molecule has 3 N–H and O–H groups in total. The molecule has 8 heteroatoms. The lowest BCUT2D eigenvalue weighted by Gasteiger charge is -2.13. The maximum atomic E-state index is 12.3. The number of hydrogen-bond acceptors (Lipinski definition) is 5. The van der Waals surface area contributed by atoms with Gasteiger partial charge in [-0.05, 0) is 38.0 Å². The lowest BCUT2D eigenvalue weighted by molar-refractivity contribution is 0.0996. The van der Waals surface area contributed by atoms with Crippen LogP contribution in [0.25, 0.3) is 0 Å². The standard InChI is InChI=1S/C14H20N2O5S/c1-2-20-13-6-5-11(8-12(13)14(15)17)22(18,19)16-9-10-4-3-7-21-10/h5-6,8,10,16H,2-4,7,9H2,1H3,(H2,15,17). The monoisotopic (exact) mass is 328 g/mol. The zero-order valence-corrected chi connectivity index (χ0v) is 13.2. The number of nitrogens with one attached hydrogen (secondary N) is 1. The van der Waals surface area contributed by atoms with Crippen molar-refractivity contribution in [2.75, 3.05) is 19.8 Å². The molecule has 1 fully saturated rings. The summed E-state index contributed by atoms with van der Waals surface area (Å²) in [5, 5.41) is 0. The Kier molecular flexibility index (Phi) is 5.38. The summed E-state index contributed by atoms with van der Waals surface area (Å²) < 4.78 is 37.7. The van der Waals surface area contributed by atoms with E-state index < -0.39 is 15.9 Å². The van der Waals surface area contributed by atoms with Gasteiger partial charge in [-0.3, -0.25) is 4.79 Å². The van der Waals surface area contributed by atoms with Crippen molar-refractivity contribution < 1.29 is 22.7 Å². The minimum Gasteiger partial charge on any atom is -0.493 e. The Bertz CT molecular complexity index is 639. The zero-order valence-electron chi connectivity index (χ0n) is 12.4. The molecule has 0 aliphatic carbocycles. The minimum absolute atomic E-state index is 0.0252. The second-order valence-corrected chi connectivity index (χ2v) is 6.71. The van der Waals surface area contributed by atoms with Gasteiger partial charge >= 0.3 is 0 Å². The highest BCUT2D eigenvalue weighted by Gasteiger charge is 2.22. The van der Waals surface area contributed by atoms with E-state index in [1.165, 1.54) is 18.2 Å². The van der Waals surface area contributed by atoms with E-state index in [-0.39, 0.29) is 28.9 Å². The van der Waals surface area contributed by atoms with Gasteiger partial charge in [-0.2, -0.15) is 0 Å². The molecule has 1 atom stereocenters. The van der Waals surface area contributed by atoms with E-state index in [0.29, 0.717) is 13.2 Å². The van der Waals surface area contributed by atoms with Gasteiger partial charge in [-0.15, -0.1) is 0 Å². The summed E-state index contributed by atoms with van der Waals surface area (Å²) >= 11 is 0. The zero-order chi connectivity index (χ0) is 16.2. The second-order valence-electron chi connectivity index (χ2n) is 4.94. The molecule has 1 aromatic rings. The Morgan fingerprint density at radius 3 is 2.86 bits per heavy atom. The predicted octanol–water partition coefficient (Wildman–Crippen LogP) is 0.641. The number of carbonyl (C=O) groups excluding carboxylic acids is 1. The minimum atomic E-state index is -3.73. The van der Waals surface area contributed by atoms with Crippen molar-refractivity contribution in [3.05, 3.63) is 23.8 Å². The number of ether oxygens (including phenoxy) is 2. The molecule has 0 spiro atoms. The first-order chi connectivity index (χ1) is 10.4. The number of amides is 1. The lowest BCUT2D eigenvalue weighted by Crippen LogP contribution is -2.32. The summed E-state index contributed by atoms with van der Waals surface area (Å²) in [6, 6.07) is 4.05. The SMILES string of the molecule is CCOc1ccc(S(=O)(=O)NCC2CCCO2)cc1C(N)=O. The molecule has 0 radical (unpaired) electrons. The van der Waals surface area contributed by atoms with Crippen LogP contribution >= 0.6 is 0 Å². The maximum absolute atomic E-state index is 12.3. The van der Waals surface area contributed by atoms with Crippen LogP contribution in [0.5, 0.6) is 5.75 Å². The topological polar surface area (TPSA) is 108 Å². The molecule has 0 bridgehead atoms. The van der Waals surface area contributed by atoms with Crippen molar-refractivity contribution in [1.29, 1.82) is 0 Å². The summed E-state index contributed by atoms with van der Waals surface area (Å²) in [5.41, 5.74) is 5.32. The molecule has 0 aromatic heterocycles. The fourth-order valence-corrected chi connectivity index (χ4v) is 3.33. The Morgan fingerprint density at radius 2 is 2.27 bits per heavy atom. The van der Waals surface area contributed by atoms with Gasteiger partial charge in [-0.25, -0.2) is 13.1 Å². The quantitative estimate of drug-likeness (QED) is 0.764. The second kappa shape index (κ2) is 7.08. The molecule has 22 heavy (non-hydrogen) atoms. The molecule has 1 saturated heterocycles. The summed E-state index contributed by atoms with van der Waals surface area (Å²) in [6.07, 6.45) is 1.66. The fraction of sp³-hybridized carbons (Fsp3) is 0.500. The molecule has 1 amide bonds. The van der Waals surface area contributed by atoms with Crippen LogP contribution < -0.4 is 15.2 Å². The van der Waals surface area contributed by atoms with E-state index in [9.17, 15) is 13.2 Å². The molecule has 1 aromatic carbocycles. The molecular formula is C14H20N2O5S. The normalized spacial score (nSPS) is 18.3. The average molecular weight is 328 g/mol. The van der Waals surface area contributed by atoms with Crippen molar-refractivity contribution in [2.24, 2.45) is 5.73 Å². The number of benzene rings is 1. The first-order valence-corrected chi connectivity index (χ1v) is 8.60. The van der Waals surface area contributed by atoms with Gasteiger partial charge in [0.1, 0.15) is 5.75 Å². The van der Waals surface area contributed by atoms with Crippen molar-refractivity contribution in [2.45, 2.75) is 30.8 Å². The average Bonchev–Trinajstić information content (AvgIpc) is 2.99. The van der Waals surface area contributed by atoms with Gasteiger partial charge in [0.05, 0.1) is 23.2 Å². The Hall–Kier alpha value is -1.64. The van der Waals surface area contributed by atoms with Crippen molar-refractivity contribution in [3.8, 4) is 5.75 Å². The number of nitrogens with two attached hydrogens (primary N) is 1. The Morgan fingerprint density at radius 1 is 1.50 bits per heavy atom. The van der Waals surface area contributed by atoms with E-state index in [1.807, 2.05) is 0 Å². The Balaban J connectivity index is 2.18. The molecular weight excluding hydrogens is 308 g/mol. The third-order valence-electron chi connectivity index (χ3n) is 3.35. The van der Waals surface area contributed by atoms with Gasteiger partial charge in [0, 0.05) is 13.2 Å². The highest BCUT2D eigenvalue weighted by molar-refractivity contribution is 7.89. The van der Waals surface area contributed by atoms with Crippen LogP contribution in [0.2, 0.25) is 0 Å². The van der Waals surface area contributed by atoms with Crippen LogP contribution in [0.1, 0.15) is 30.1 Å². The van der Waals surface area contributed by atoms with Crippen LogP contribution in [0.3, 0.4) is 0 Å². The molecule has 1 aliphatic heterocycles. The largest absolute Gasteiger partial charge is 0.493 e. The van der Waals surface area contributed by atoms with Crippen molar-refractivity contribution in [3.63, 3.8) is 0 Å². The summed E-state index contributed by atoms with van der Waals surface area (Å²) in [6.45, 7) is 2.98. The van der Waals surface area contributed by atoms with E-state index in [1.54, 1.807) is 6.92 Å². The van der Waals surface area contributed by atoms with Crippen LogP contribution in [-0.2, 0) is 14.8 Å². The highest BCUT2D eigenvalue weighted by atomic mass is 32.2. The predicted molar refractivity (Wildman–Crippen MR) is 80.3 cm³/mol. The maximum Gasteiger partial charge on any atom is 0.252 e. The first-order valence-electron chi connectivity index (χ1n) is 7.12. The smallest absolute Gasteiger partial charge is 0.252 e. The van der Waals surface area contributed by atoms with Gasteiger partial charge < -0.3 is 15.2 Å². The van der Waals surface area contributed by atoms with E-state index in [2.05, 4.69) is 4.72 Å². The molecule has 7 nitrogen and oxygen atoms in total. The molecule has 0 saturated carbocycles. The molecule has 1 aliphatic rings. The number of carbonyl (C=O) groups is 1. The van der Waals surface area contributed by atoms with Gasteiger partial charge in [0.2, 0.25) is 10.0 Å². The summed E-state index contributed by atoms with van der Waals surface area (Å²) in [4.78, 5) is 11.4.